The van der Waals surface area contributed by atoms with Gasteiger partial charge >= 0.3 is 12.0 Å². The Morgan fingerprint density at radius 2 is 1.92 bits per heavy atom. The SMILES string of the molecule is O=C(O)CC(NC(=O)CN1CCOc2ccc(NC(=O)NCc3ccc(F)cc3)cc2C1=O)c1cccnc1. The number of ether oxygens (including phenoxy) is 1. The molecule has 1 atom stereocenters. The van der Waals surface area contributed by atoms with Gasteiger partial charge in [-0.25, -0.2) is 9.18 Å². The van der Waals surface area contributed by atoms with E-state index in [1.54, 1.807) is 36.4 Å². The minimum Gasteiger partial charge on any atom is -0.491 e. The standard InChI is InChI=1S/C27H26FN5O6/c28-19-5-3-17(4-6-19)14-30-27(38)31-20-7-8-23-21(12-20)26(37)33(10-11-39-23)16-24(34)32-22(13-25(35)36)18-2-1-9-29-15-18/h1-9,12,15,22H,10-11,13-14,16H2,(H,32,34)(H,35,36)(H2,30,31,38). The first-order valence-electron chi connectivity index (χ1n) is 12.0. The van der Waals surface area contributed by atoms with Crippen molar-refractivity contribution in [3.05, 3.63) is 89.5 Å². The molecule has 2 heterocycles. The molecule has 4 rings (SSSR count). The molecule has 202 valence electrons. The van der Waals surface area contributed by atoms with Crippen LogP contribution in [-0.2, 0) is 16.1 Å². The molecule has 1 aliphatic rings. The Kier molecular flexibility index (Phi) is 8.67. The molecule has 0 spiro atoms. The van der Waals surface area contributed by atoms with Crippen LogP contribution in [0.1, 0.15) is 33.9 Å². The van der Waals surface area contributed by atoms with Crippen LogP contribution in [0, 0.1) is 5.82 Å². The van der Waals surface area contributed by atoms with Crippen molar-refractivity contribution in [3.8, 4) is 5.75 Å². The number of nitrogens with one attached hydrogen (secondary N) is 3. The molecule has 12 heteroatoms. The second kappa shape index (κ2) is 12.5. The average Bonchev–Trinajstić information content (AvgIpc) is 3.06. The number of carbonyl (C=O) groups excluding carboxylic acids is 3. The number of rotatable bonds is 9. The van der Waals surface area contributed by atoms with Crippen LogP contribution in [0.15, 0.2) is 67.0 Å². The van der Waals surface area contributed by atoms with E-state index in [-0.39, 0.29) is 44.0 Å². The van der Waals surface area contributed by atoms with Gasteiger partial charge in [0.1, 0.15) is 18.2 Å². The molecule has 3 aromatic rings. The van der Waals surface area contributed by atoms with Gasteiger partial charge < -0.3 is 30.7 Å². The maximum Gasteiger partial charge on any atom is 0.319 e. The van der Waals surface area contributed by atoms with Gasteiger partial charge in [0.2, 0.25) is 5.91 Å². The number of aromatic nitrogens is 1. The summed E-state index contributed by atoms with van der Waals surface area (Å²) in [4.78, 5) is 55.0. The Morgan fingerprint density at radius 3 is 2.64 bits per heavy atom. The summed E-state index contributed by atoms with van der Waals surface area (Å²) in [6.07, 6.45) is 2.66. The number of hydrogen-bond acceptors (Lipinski definition) is 6. The number of carboxylic acids is 1. The van der Waals surface area contributed by atoms with E-state index >= 15 is 0 Å². The van der Waals surface area contributed by atoms with E-state index in [1.165, 1.54) is 35.5 Å². The minimum absolute atomic E-state index is 0.123. The van der Waals surface area contributed by atoms with Crippen molar-refractivity contribution in [1.29, 1.82) is 0 Å². The van der Waals surface area contributed by atoms with Crippen molar-refractivity contribution < 1.29 is 33.4 Å². The fourth-order valence-corrected chi connectivity index (χ4v) is 3.97. The molecule has 1 unspecified atom stereocenters. The highest BCUT2D eigenvalue weighted by molar-refractivity contribution is 6.01. The zero-order chi connectivity index (χ0) is 27.8. The summed E-state index contributed by atoms with van der Waals surface area (Å²) in [5.41, 5.74) is 1.72. The molecule has 0 saturated heterocycles. The van der Waals surface area contributed by atoms with Crippen LogP contribution in [0.3, 0.4) is 0 Å². The quantitative estimate of drug-likeness (QED) is 0.329. The first-order valence-corrected chi connectivity index (χ1v) is 12.0. The molecule has 0 radical (unpaired) electrons. The van der Waals surface area contributed by atoms with E-state index in [1.807, 2.05) is 0 Å². The van der Waals surface area contributed by atoms with Gasteiger partial charge in [0.05, 0.1) is 31.1 Å². The molecule has 0 bridgehead atoms. The Bertz CT molecular complexity index is 1350. The predicted octanol–water partition coefficient (Wildman–Crippen LogP) is 2.71. The number of anilines is 1. The van der Waals surface area contributed by atoms with E-state index < -0.39 is 29.9 Å². The zero-order valence-electron chi connectivity index (χ0n) is 20.7. The molecular formula is C27H26FN5O6. The smallest absolute Gasteiger partial charge is 0.319 e. The summed E-state index contributed by atoms with van der Waals surface area (Å²) in [5, 5.41) is 17.2. The number of fused-ring (bicyclic) bond motifs is 1. The lowest BCUT2D eigenvalue weighted by molar-refractivity contribution is -0.137. The van der Waals surface area contributed by atoms with Crippen molar-refractivity contribution in [2.24, 2.45) is 0 Å². The van der Waals surface area contributed by atoms with Gasteiger partial charge in [-0.15, -0.1) is 0 Å². The van der Waals surface area contributed by atoms with E-state index in [0.717, 1.165) is 0 Å². The predicted molar refractivity (Wildman–Crippen MR) is 137 cm³/mol. The third-order valence-electron chi connectivity index (χ3n) is 5.88. The van der Waals surface area contributed by atoms with E-state index in [9.17, 15) is 28.7 Å². The molecular weight excluding hydrogens is 509 g/mol. The van der Waals surface area contributed by atoms with Gasteiger partial charge in [0.25, 0.3) is 5.91 Å². The van der Waals surface area contributed by atoms with Crippen LogP contribution in [0.2, 0.25) is 0 Å². The van der Waals surface area contributed by atoms with Crippen LogP contribution in [0.25, 0.3) is 0 Å². The Balaban J connectivity index is 1.40. The second-order valence-corrected chi connectivity index (χ2v) is 8.72. The Labute approximate surface area is 223 Å². The van der Waals surface area contributed by atoms with Crippen molar-refractivity contribution in [2.45, 2.75) is 19.0 Å². The number of pyridine rings is 1. The van der Waals surface area contributed by atoms with Crippen molar-refractivity contribution in [1.82, 2.24) is 20.5 Å². The molecule has 0 saturated carbocycles. The van der Waals surface area contributed by atoms with E-state index in [2.05, 4.69) is 20.9 Å². The third kappa shape index (κ3) is 7.51. The van der Waals surface area contributed by atoms with Crippen LogP contribution in [0.5, 0.6) is 5.75 Å². The lowest BCUT2D eigenvalue weighted by Crippen LogP contribution is -2.43. The van der Waals surface area contributed by atoms with Gasteiger partial charge in [0.15, 0.2) is 0 Å². The Hall–Kier alpha value is -5.00. The largest absolute Gasteiger partial charge is 0.491 e. The molecule has 2 aromatic carbocycles. The van der Waals surface area contributed by atoms with E-state index in [4.69, 9.17) is 4.74 Å². The van der Waals surface area contributed by atoms with Crippen molar-refractivity contribution in [2.75, 3.05) is 25.0 Å². The fraction of sp³-hybridized carbons (Fsp3) is 0.222. The monoisotopic (exact) mass is 535 g/mol. The van der Waals surface area contributed by atoms with Crippen LogP contribution < -0.4 is 20.7 Å². The number of carbonyl (C=O) groups is 4. The number of benzene rings is 2. The number of amides is 4. The van der Waals surface area contributed by atoms with Gasteiger partial charge in [-0.1, -0.05) is 18.2 Å². The van der Waals surface area contributed by atoms with E-state index in [0.29, 0.717) is 22.6 Å². The molecule has 39 heavy (non-hydrogen) atoms. The first-order chi connectivity index (χ1) is 18.8. The molecule has 0 aliphatic carbocycles. The summed E-state index contributed by atoms with van der Waals surface area (Å²) >= 11 is 0. The highest BCUT2D eigenvalue weighted by Crippen LogP contribution is 2.26. The summed E-state index contributed by atoms with van der Waals surface area (Å²) in [7, 11) is 0. The van der Waals surface area contributed by atoms with Gasteiger partial charge in [0, 0.05) is 24.6 Å². The summed E-state index contributed by atoms with van der Waals surface area (Å²) in [6, 6.07) is 12.2. The zero-order valence-corrected chi connectivity index (χ0v) is 20.7. The van der Waals surface area contributed by atoms with Crippen molar-refractivity contribution in [3.63, 3.8) is 0 Å². The molecule has 4 amide bonds. The molecule has 1 aromatic heterocycles. The second-order valence-electron chi connectivity index (χ2n) is 8.72. The number of urea groups is 1. The maximum atomic E-state index is 13.3. The van der Waals surface area contributed by atoms with Crippen LogP contribution in [-0.4, -0.2) is 58.5 Å². The van der Waals surface area contributed by atoms with Gasteiger partial charge in [-0.05, 0) is 47.5 Å². The van der Waals surface area contributed by atoms with Crippen LogP contribution >= 0.6 is 0 Å². The average molecular weight is 536 g/mol. The first kappa shape index (κ1) is 27.0. The number of carboxylic acid groups (broad SMARTS) is 1. The normalized spacial score (nSPS) is 13.4. The number of halogens is 1. The van der Waals surface area contributed by atoms with Crippen molar-refractivity contribution >= 4 is 29.5 Å². The van der Waals surface area contributed by atoms with Gasteiger partial charge in [-0.3, -0.25) is 19.4 Å². The van der Waals surface area contributed by atoms with Crippen LogP contribution in [0.4, 0.5) is 14.9 Å². The third-order valence-corrected chi connectivity index (χ3v) is 5.88. The number of hydrogen-bond donors (Lipinski definition) is 4. The highest BCUT2D eigenvalue weighted by Gasteiger charge is 2.27. The molecule has 0 fully saturated rings. The number of nitrogens with zero attached hydrogens (tertiary/aromatic N) is 2. The molecule has 11 nitrogen and oxygen atoms in total. The van der Waals surface area contributed by atoms with Gasteiger partial charge in [-0.2, -0.15) is 0 Å². The maximum absolute atomic E-state index is 13.3. The molecule has 4 N–H and O–H groups in total. The number of aliphatic carboxylic acids is 1. The highest BCUT2D eigenvalue weighted by atomic mass is 19.1. The Morgan fingerprint density at radius 1 is 1.13 bits per heavy atom. The summed E-state index contributed by atoms with van der Waals surface area (Å²) in [6.45, 7) is 0.105. The topological polar surface area (TPSA) is 150 Å². The molecule has 1 aliphatic heterocycles. The lowest BCUT2D eigenvalue weighted by Gasteiger charge is -2.22. The summed E-state index contributed by atoms with van der Waals surface area (Å²) < 4.78 is 18.7. The lowest BCUT2D eigenvalue weighted by atomic mass is 10.1. The minimum atomic E-state index is -1.10. The fourth-order valence-electron chi connectivity index (χ4n) is 3.97. The summed E-state index contributed by atoms with van der Waals surface area (Å²) in [5.74, 6) is -2.20.